The summed E-state index contributed by atoms with van der Waals surface area (Å²) in [5.74, 6) is 7.02. The van der Waals surface area contributed by atoms with Crippen molar-refractivity contribution in [1.29, 1.82) is 0 Å². The molecule has 0 amide bonds. The molecule has 2 aromatic rings. The van der Waals surface area contributed by atoms with Gasteiger partial charge in [0.25, 0.3) is 0 Å². The third-order valence-electron chi connectivity index (χ3n) is 11.9. The van der Waals surface area contributed by atoms with Gasteiger partial charge in [0.2, 0.25) is 0 Å². The Morgan fingerprint density at radius 3 is 1.68 bits per heavy atom. The molecule has 0 heterocycles. The number of benzene rings is 2. The van der Waals surface area contributed by atoms with Crippen LogP contribution in [-0.4, -0.2) is 36.6 Å². The summed E-state index contributed by atoms with van der Waals surface area (Å²) in [5, 5.41) is 22.2. The van der Waals surface area contributed by atoms with Crippen molar-refractivity contribution < 1.29 is 19.7 Å². The zero-order chi connectivity index (χ0) is 25.5. The van der Waals surface area contributed by atoms with Gasteiger partial charge in [-0.05, 0) is 135 Å². The van der Waals surface area contributed by atoms with Crippen molar-refractivity contribution in [2.24, 2.45) is 35.5 Å². The summed E-state index contributed by atoms with van der Waals surface area (Å²) in [4.78, 5) is 0. The lowest BCUT2D eigenvalue weighted by Crippen LogP contribution is -2.49. The maximum Gasteiger partial charge on any atom is 0.135 e. The molecule has 0 unspecified atom stereocenters. The molecule has 10 rings (SSSR count). The highest BCUT2D eigenvalue weighted by molar-refractivity contribution is 5.96. The maximum absolute atomic E-state index is 9.95. The second-order valence-electron chi connectivity index (χ2n) is 14.5. The van der Waals surface area contributed by atoms with Gasteiger partial charge in [0.15, 0.2) is 0 Å². The van der Waals surface area contributed by atoms with Gasteiger partial charge < -0.3 is 19.7 Å². The van der Waals surface area contributed by atoms with Crippen LogP contribution in [-0.2, 0) is 10.8 Å². The summed E-state index contributed by atoms with van der Waals surface area (Å²) in [7, 11) is 0. The lowest BCUT2D eigenvalue weighted by molar-refractivity contribution is -0.00815. The zero-order valence-electron chi connectivity index (χ0n) is 22.8. The van der Waals surface area contributed by atoms with Crippen LogP contribution in [0.5, 0.6) is 11.5 Å². The number of hydrogen-bond acceptors (Lipinski definition) is 4. The summed E-state index contributed by atoms with van der Waals surface area (Å²) in [6, 6.07) is 9.21. The molecular formula is C34H44O4. The fourth-order valence-electron chi connectivity index (χ4n) is 11.8. The molecule has 0 radical (unpaired) electrons. The van der Waals surface area contributed by atoms with Gasteiger partial charge in [-0.25, -0.2) is 0 Å². The van der Waals surface area contributed by atoms with Crippen LogP contribution in [0.2, 0.25) is 0 Å². The molecule has 8 aliphatic rings. The van der Waals surface area contributed by atoms with Crippen LogP contribution in [0, 0.1) is 35.5 Å². The third-order valence-corrected chi connectivity index (χ3v) is 11.9. The topological polar surface area (TPSA) is 58.9 Å². The largest absolute Gasteiger partial charge is 0.491 e. The van der Waals surface area contributed by atoms with Gasteiger partial charge in [-0.3, -0.25) is 0 Å². The normalized spacial score (nSPS) is 40.3. The van der Waals surface area contributed by atoms with Crippen LogP contribution >= 0.6 is 0 Å². The molecule has 0 saturated heterocycles. The summed E-state index contributed by atoms with van der Waals surface area (Å²) in [6.07, 6.45) is 16.2. The predicted octanol–water partition coefficient (Wildman–Crippen LogP) is 6.52. The van der Waals surface area contributed by atoms with Crippen LogP contribution in [0.1, 0.15) is 88.2 Å². The molecule has 38 heavy (non-hydrogen) atoms. The first-order chi connectivity index (χ1) is 18.6. The number of hydrogen-bond donors (Lipinski definition) is 2. The lowest BCUT2D eigenvalue weighted by Gasteiger charge is -2.58. The molecule has 4 heteroatoms. The van der Waals surface area contributed by atoms with Crippen LogP contribution in [0.15, 0.2) is 24.3 Å². The Labute approximate surface area is 227 Å². The maximum atomic E-state index is 9.95. The van der Waals surface area contributed by atoms with E-state index < -0.39 is 0 Å². The van der Waals surface area contributed by atoms with E-state index >= 15 is 0 Å². The van der Waals surface area contributed by atoms with Crippen molar-refractivity contribution >= 4 is 10.8 Å². The Bertz CT molecular complexity index is 1160. The van der Waals surface area contributed by atoms with Crippen molar-refractivity contribution in [3.8, 4) is 11.5 Å². The van der Waals surface area contributed by atoms with E-state index in [2.05, 4.69) is 24.3 Å². The van der Waals surface area contributed by atoms with Crippen LogP contribution in [0.4, 0.5) is 0 Å². The molecule has 2 aromatic carbocycles. The monoisotopic (exact) mass is 516 g/mol. The summed E-state index contributed by atoms with van der Waals surface area (Å²) < 4.78 is 13.1. The molecule has 8 fully saturated rings. The number of ether oxygens (including phenoxy) is 2. The van der Waals surface area contributed by atoms with E-state index in [1.165, 1.54) is 98.9 Å². The van der Waals surface area contributed by atoms with E-state index in [1.54, 1.807) is 0 Å². The van der Waals surface area contributed by atoms with E-state index in [0.717, 1.165) is 47.0 Å². The smallest absolute Gasteiger partial charge is 0.135 e. The second kappa shape index (κ2) is 8.86. The van der Waals surface area contributed by atoms with Gasteiger partial charge in [-0.15, -0.1) is 0 Å². The summed E-state index contributed by atoms with van der Waals surface area (Å²) in [5.41, 5.74) is 3.15. The Morgan fingerprint density at radius 1 is 0.658 bits per heavy atom. The fourth-order valence-corrected chi connectivity index (χ4v) is 11.8. The molecule has 0 aliphatic heterocycles. The third kappa shape index (κ3) is 3.61. The standard InChI is InChI=1S/C34H44O4/c35-4-6-37-29-14-27-2-1-3-28(33-15-21-8-22(16-33)10-23(9-21)17-33)30(27)32(38-7-5-36)31(29)34-18-24-11-25(19-34)13-26(12-24)20-34/h1-3,14,21-26,35-36H,4-13,15-20H2. The molecule has 204 valence electrons. The molecule has 8 bridgehead atoms. The van der Waals surface area contributed by atoms with Gasteiger partial charge in [-0.2, -0.15) is 0 Å². The van der Waals surface area contributed by atoms with Crippen molar-refractivity contribution in [2.45, 2.75) is 87.9 Å². The molecule has 2 N–H and O–H groups in total. The van der Waals surface area contributed by atoms with Crippen LogP contribution in [0.3, 0.4) is 0 Å². The average Bonchev–Trinajstić information content (AvgIpc) is 2.88. The Kier molecular flexibility index (Phi) is 5.61. The highest BCUT2D eigenvalue weighted by atomic mass is 16.5. The molecule has 0 aromatic heterocycles. The number of aliphatic hydroxyl groups is 2. The average molecular weight is 517 g/mol. The minimum atomic E-state index is 0.0124. The Balaban J connectivity index is 1.36. The van der Waals surface area contributed by atoms with Crippen molar-refractivity contribution in [1.82, 2.24) is 0 Å². The van der Waals surface area contributed by atoms with Crippen LogP contribution in [0.25, 0.3) is 10.8 Å². The fraction of sp³-hybridized carbons (Fsp3) is 0.706. The number of fused-ring (bicyclic) bond motifs is 1. The van der Waals surface area contributed by atoms with Crippen molar-refractivity contribution in [2.75, 3.05) is 26.4 Å². The molecule has 8 aliphatic carbocycles. The van der Waals surface area contributed by atoms with Gasteiger partial charge in [0.05, 0.1) is 13.2 Å². The van der Waals surface area contributed by atoms with Gasteiger partial charge >= 0.3 is 0 Å². The van der Waals surface area contributed by atoms with E-state index in [0.29, 0.717) is 13.2 Å². The first-order valence-corrected chi connectivity index (χ1v) is 15.7. The number of rotatable bonds is 8. The summed E-state index contributed by atoms with van der Waals surface area (Å²) in [6.45, 7) is 0.647. The Hall–Kier alpha value is -1.78. The van der Waals surface area contributed by atoms with Gasteiger partial charge in [0.1, 0.15) is 24.7 Å². The van der Waals surface area contributed by atoms with Crippen molar-refractivity contribution in [3.63, 3.8) is 0 Å². The minimum Gasteiger partial charge on any atom is -0.491 e. The molecular weight excluding hydrogens is 472 g/mol. The highest BCUT2D eigenvalue weighted by Crippen LogP contribution is 2.66. The van der Waals surface area contributed by atoms with E-state index in [4.69, 9.17) is 9.47 Å². The van der Waals surface area contributed by atoms with E-state index in [1.807, 2.05) is 0 Å². The first kappa shape index (κ1) is 24.1. The minimum absolute atomic E-state index is 0.0124. The predicted molar refractivity (Wildman–Crippen MR) is 149 cm³/mol. The van der Waals surface area contributed by atoms with E-state index in [9.17, 15) is 10.2 Å². The SMILES string of the molecule is OCCOc1cc2cccc(C34CC5CC(CC(C5)C3)C4)c2c(OCCO)c1C12CC3CC(CC(C3)C1)C2. The molecule has 4 nitrogen and oxygen atoms in total. The molecule has 0 atom stereocenters. The quantitative estimate of drug-likeness (QED) is 0.420. The molecule has 0 spiro atoms. The van der Waals surface area contributed by atoms with E-state index in [-0.39, 0.29) is 24.0 Å². The van der Waals surface area contributed by atoms with Gasteiger partial charge in [0, 0.05) is 16.4 Å². The van der Waals surface area contributed by atoms with Crippen molar-refractivity contribution in [3.05, 3.63) is 35.4 Å². The highest BCUT2D eigenvalue weighted by Gasteiger charge is 2.55. The summed E-state index contributed by atoms with van der Waals surface area (Å²) >= 11 is 0. The lowest BCUT2D eigenvalue weighted by atomic mass is 9.47. The zero-order valence-corrected chi connectivity index (χ0v) is 22.8. The Morgan fingerprint density at radius 2 is 1.16 bits per heavy atom. The second-order valence-corrected chi connectivity index (χ2v) is 14.5. The van der Waals surface area contributed by atoms with Crippen LogP contribution < -0.4 is 9.47 Å². The van der Waals surface area contributed by atoms with Gasteiger partial charge in [-0.1, -0.05) is 18.2 Å². The first-order valence-electron chi connectivity index (χ1n) is 15.7. The molecule has 8 saturated carbocycles. The number of aliphatic hydroxyl groups excluding tert-OH is 2.